The van der Waals surface area contributed by atoms with Crippen LogP contribution in [0.25, 0.3) is 10.9 Å². The number of benzene rings is 1. The van der Waals surface area contributed by atoms with Crippen LogP contribution in [0.2, 0.25) is 0 Å². The second kappa shape index (κ2) is 3.92. The van der Waals surface area contributed by atoms with Crippen molar-refractivity contribution >= 4 is 10.9 Å². The number of H-pyrrole nitrogens is 1. The van der Waals surface area contributed by atoms with E-state index < -0.39 is 5.60 Å². The first kappa shape index (κ1) is 11.2. The molecule has 2 atom stereocenters. The third-order valence-corrected chi connectivity index (χ3v) is 3.28. The van der Waals surface area contributed by atoms with E-state index in [1.54, 1.807) is 14.0 Å². The summed E-state index contributed by atoms with van der Waals surface area (Å²) >= 11 is 0. The number of aromatic amines is 1. The summed E-state index contributed by atoms with van der Waals surface area (Å²) in [6.07, 6.45) is 1.65. The fraction of sp³-hybridized carbons (Fsp3) is 0.385. The number of rotatable bonds is 3. The SMILES string of the molecule is COC(C)C(C)(O)c1ccc2[nH]ccc2c1. The van der Waals surface area contributed by atoms with Crippen molar-refractivity contribution in [1.82, 2.24) is 4.98 Å². The lowest BCUT2D eigenvalue weighted by molar-refractivity contribution is -0.0771. The van der Waals surface area contributed by atoms with Crippen molar-refractivity contribution in [2.45, 2.75) is 25.6 Å². The van der Waals surface area contributed by atoms with Crippen LogP contribution in [0.5, 0.6) is 0 Å². The van der Waals surface area contributed by atoms with Crippen molar-refractivity contribution in [2.75, 3.05) is 7.11 Å². The molecule has 1 aromatic heterocycles. The van der Waals surface area contributed by atoms with E-state index in [0.29, 0.717) is 0 Å². The number of aromatic nitrogens is 1. The van der Waals surface area contributed by atoms with Crippen LogP contribution in [0.15, 0.2) is 30.5 Å². The Labute approximate surface area is 95.1 Å². The number of ether oxygens (including phenoxy) is 1. The van der Waals surface area contributed by atoms with Gasteiger partial charge >= 0.3 is 0 Å². The molecular formula is C13H17NO2. The van der Waals surface area contributed by atoms with E-state index >= 15 is 0 Å². The Hall–Kier alpha value is -1.32. The van der Waals surface area contributed by atoms with Crippen LogP contribution in [0.3, 0.4) is 0 Å². The quantitative estimate of drug-likeness (QED) is 0.832. The summed E-state index contributed by atoms with van der Waals surface area (Å²) in [5, 5.41) is 11.5. The van der Waals surface area contributed by atoms with Gasteiger partial charge in [-0.3, -0.25) is 0 Å². The standard InChI is InChI=1S/C13H17NO2/c1-9(16-3)13(2,15)11-4-5-12-10(8-11)6-7-14-12/h4-9,14-15H,1-3H3. The molecular weight excluding hydrogens is 202 g/mol. The average molecular weight is 219 g/mol. The Morgan fingerprint density at radius 2 is 2.12 bits per heavy atom. The van der Waals surface area contributed by atoms with E-state index in [9.17, 15) is 5.11 Å². The van der Waals surface area contributed by atoms with Crippen molar-refractivity contribution in [3.63, 3.8) is 0 Å². The predicted octanol–water partition coefficient (Wildman–Crippen LogP) is 2.41. The molecule has 3 nitrogen and oxygen atoms in total. The molecule has 1 heterocycles. The molecule has 0 saturated carbocycles. The number of methoxy groups -OCH3 is 1. The molecule has 2 aromatic rings. The highest BCUT2D eigenvalue weighted by Crippen LogP contribution is 2.28. The number of hydrogen-bond acceptors (Lipinski definition) is 2. The van der Waals surface area contributed by atoms with Gasteiger partial charge in [-0.2, -0.15) is 0 Å². The maximum atomic E-state index is 10.4. The first-order valence-electron chi connectivity index (χ1n) is 5.38. The minimum atomic E-state index is -0.972. The van der Waals surface area contributed by atoms with Gasteiger partial charge in [0.2, 0.25) is 0 Å². The molecule has 0 saturated heterocycles. The summed E-state index contributed by atoms with van der Waals surface area (Å²) in [6, 6.07) is 7.88. The van der Waals surface area contributed by atoms with E-state index in [-0.39, 0.29) is 6.10 Å². The number of aliphatic hydroxyl groups is 1. The molecule has 0 fully saturated rings. The molecule has 0 spiro atoms. The highest BCUT2D eigenvalue weighted by atomic mass is 16.5. The summed E-state index contributed by atoms with van der Waals surface area (Å²) in [4.78, 5) is 3.13. The number of nitrogens with one attached hydrogen (secondary N) is 1. The second-order valence-electron chi connectivity index (χ2n) is 4.31. The summed E-state index contributed by atoms with van der Waals surface area (Å²) < 4.78 is 5.21. The van der Waals surface area contributed by atoms with Gasteiger partial charge in [0.25, 0.3) is 0 Å². The van der Waals surface area contributed by atoms with Gasteiger partial charge in [0.15, 0.2) is 0 Å². The fourth-order valence-electron chi connectivity index (χ4n) is 1.83. The van der Waals surface area contributed by atoms with E-state index in [4.69, 9.17) is 4.74 Å². The van der Waals surface area contributed by atoms with Crippen molar-refractivity contribution in [3.05, 3.63) is 36.0 Å². The monoisotopic (exact) mass is 219 g/mol. The van der Waals surface area contributed by atoms with Gasteiger partial charge in [-0.15, -0.1) is 0 Å². The minimum Gasteiger partial charge on any atom is -0.383 e. The molecule has 0 amide bonds. The molecule has 2 N–H and O–H groups in total. The van der Waals surface area contributed by atoms with Gasteiger partial charge in [0.05, 0.1) is 6.10 Å². The number of hydrogen-bond donors (Lipinski definition) is 2. The Kier molecular flexibility index (Phi) is 2.74. The Bertz CT molecular complexity index is 487. The summed E-state index contributed by atoms with van der Waals surface area (Å²) in [5.41, 5.74) is 0.971. The molecule has 0 aliphatic heterocycles. The Morgan fingerprint density at radius 1 is 1.38 bits per heavy atom. The smallest absolute Gasteiger partial charge is 0.113 e. The lowest BCUT2D eigenvalue weighted by Gasteiger charge is -2.29. The molecule has 2 unspecified atom stereocenters. The van der Waals surface area contributed by atoms with Gasteiger partial charge in [-0.05, 0) is 43.0 Å². The van der Waals surface area contributed by atoms with Crippen LogP contribution < -0.4 is 0 Å². The van der Waals surface area contributed by atoms with E-state index in [2.05, 4.69) is 4.98 Å². The lowest BCUT2D eigenvalue weighted by atomic mass is 9.90. The maximum absolute atomic E-state index is 10.4. The second-order valence-corrected chi connectivity index (χ2v) is 4.31. The van der Waals surface area contributed by atoms with E-state index in [1.165, 1.54) is 0 Å². The molecule has 2 rings (SSSR count). The van der Waals surface area contributed by atoms with Crippen LogP contribution in [-0.2, 0) is 10.3 Å². The number of fused-ring (bicyclic) bond motifs is 1. The van der Waals surface area contributed by atoms with Crippen LogP contribution in [0, 0.1) is 0 Å². The van der Waals surface area contributed by atoms with Crippen molar-refractivity contribution < 1.29 is 9.84 Å². The zero-order chi connectivity index (χ0) is 11.8. The minimum absolute atomic E-state index is 0.246. The molecule has 1 aromatic carbocycles. The molecule has 86 valence electrons. The lowest BCUT2D eigenvalue weighted by Crippen LogP contribution is -2.35. The molecule has 0 bridgehead atoms. The van der Waals surface area contributed by atoms with Gasteiger partial charge in [-0.25, -0.2) is 0 Å². The maximum Gasteiger partial charge on any atom is 0.113 e. The highest BCUT2D eigenvalue weighted by Gasteiger charge is 2.30. The highest BCUT2D eigenvalue weighted by molar-refractivity contribution is 5.80. The topological polar surface area (TPSA) is 45.2 Å². The molecule has 16 heavy (non-hydrogen) atoms. The van der Waals surface area contributed by atoms with Crippen LogP contribution >= 0.6 is 0 Å². The van der Waals surface area contributed by atoms with Crippen LogP contribution in [0.4, 0.5) is 0 Å². The van der Waals surface area contributed by atoms with E-state index in [0.717, 1.165) is 16.5 Å². The summed E-state index contributed by atoms with van der Waals surface area (Å²) in [7, 11) is 1.61. The van der Waals surface area contributed by atoms with Gasteiger partial charge in [-0.1, -0.05) is 6.07 Å². The zero-order valence-electron chi connectivity index (χ0n) is 9.82. The molecule has 3 heteroatoms. The normalized spacial score (nSPS) is 17.2. The predicted molar refractivity (Wildman–Crippen MR) is 64.3 cm³/mol. The van der Waals surface area contributed by atoms with E-state index in [1.807, 2.05) is 37.4 Å². The fourth-order valence-corrected chi connectivity index (χ4v) is 1.83. The summed E-state index contributed by atoms with van der Waals surface area (Å²) in [5.74, 6) is 0. The van der Waals surface area contributed by atoms with Gasteiger partial charge in [0.1, 0.15) is 5.60 Å². The molecule has 0 radical (unpaired) electrons. The molecule has 0 aliphatic carbocycles. The van der Waals surface area contributed by atoms with Gasteiger partial charge in [0, 0.05) is 18.8 Å². The van der Waals surface area contributed by atoms with Crippen molar-refractivity contribution in [1.29, 1.82) is 0 Å². The van der Waals surface area contributed by atoms with Crippen molar-refractivity contribution in [3.8, 4) is 0 Å². The first-order valence-corrected chi connectivity index (χ1v) is 5.38. The van der Waals surface area contributed by atoms with Crippen LogP contribution in [-0.4, -0.2) is 23.3 Å². The van der Waals surface area contributed by atoms with Gasteiger partial charge < -0.3 is 14.8 Å². The zero-order valence-corrected chi connectivity index (χ0v) is 9.82. The third-order valence-electron chi connectivity index (χ3n) is 3.28. The Balaban J connectivity index is 2.45. The molecule has 0 aliphatic rings. The summed E-state index contributed by atoms with van der Waals surface area (Å²) in [6.45, 7) is 3.64. The third kappa shape index (κ3) is 1.72. The Morgan fingerprint density at radius 3 is 2.81 bits per heavy atom. The van der Waals surface area contributed by atoms with Crippen molar-refractivity contribution in [2.24, 2.45) is 0 Å². The average Bonchev–Trinajstić information content (AvgIpc) is 2.74. The largest absolute Gasteiger partial charge is 0.383 e. The first-order chi connectivity index (χ1) is 7.55. The van der Waals surface area contributed by atoms with Crippen LogP contribution in [0.1, 0.15) is 19.4 Å².